The fraction of sp³-hybridized carbons (Fsp3) is 0.351. The van der Waals surface area contributed by atoms with Crippen LogP contribution in [0.4, 0.5) is 21.0 Å². The van der Waals surface area contributed by atoms with Crippen LogP contribution in [0.15, 0.2) is 72.1 Å². The third kappa shape index (κ3) is 9.66. The number of carbonyl (C=O) groups is 4. The SMILES string of the molecule is C/C=C/C1=CN(C(=O)c2cc(OC)c(OCCCOc3cc(NC(=O)O)c(C(=O)N4C=C(/C=C/C)C[C@H]4CO)cc3OC)cc2NC(=O)O)[C@H](CO)C1. The number of carboxylic acid groups (broad SMARTS) is 2. The highest BCUT2D eigenvalue weighted by Gasteiger charge is 2.33. The van der Waals surface area contributed by atoms with E-state index in [1.165, 1.54) is 48.3 Å². The molecule has 2 aromatic rings. The maximum Gasteiger partial charge on any atom is 0.409 e. The van der Waals surface area contributed by atoms with Gasteiger partial charge in [-0.1, -0.05) is 24.3 Å². The van der Waals surface area contributed by atoms with Gasteiger partial charge in [-0.2, -0.15) is 0 Å². The van der Waals surface area contributed by atoms with Gasteiger partial charge in [0.05, 0.1) is 75.2 Å². The molecule has 0 saturated heterocycles. The number of aliphatic hydroxyl groups is 2. The number of nitrogens with zero attached hydrogens (tertiary/aromatic N) is 2. The fourth-order valence-corrected chi connectivity index (χ4v) is 5.98. The van der Waals surface area contributed by atoms with E-state index in [9.17, 15) is 39.6 Å². The van der Waals surface area contributed by atoms with E-state index in [0.29, 0.717) is 12.8 Å². The summed E-state index contributed by atoms with van der Waals surface area (Å²) in [5.74, 6) is -0.506. The summed E-state index contributed by atoms with van der Waals surface area (Å²) in [6.07, 6.45) is 8.83. The van der Waals surface area contributed by atoms with Crippen molar-refractivity contribution in [2.45, 2.75) is 45.2 Å². The van der Waals surface area contributed by atoms with Crippen molar-refractivity contribution in [2.75, 3.05) is 51.3 Å². The molecule has 2 aliphatic heterocycles. The Labute approximate surface area is 306 Å². The molecule has 2 atom stereocenters. The van der Waals surface area contributed by atoms with E-state index in [0.717, 1.165) is 11.1 Å². The molecule has 0 fully saturated rings. The Kier molecular flexibility index (Phi) is 13.9. The minimum absolute atomic E-state index is 0.0120. The number of hydrogen-bond donors (Lipinski definition) is 6. The summed E-state index contributed by atoms with van der Waals surface area (Å²) in [5.41, 5.74) is 1.53. The fourth-order valence-electron chi connectivity index (χ4n) is 5.98. The number of hydrogen-bond acceptors (Lipinski definition) is 10. The van der Waals surface area contributed by atoms with Crippen LogP contribution in [-0.2, 0) is 0 Å². The van der Waals surface area contributed by atoms with Crippen molar-refractivity contribution >= 4 is 35.4 Å². The Bertz CT molecular complexity index is 1690. The van der Waals surface area contributed by atoms with Crippen LogP contribution in [0.1, 0.15) is 53.8 Å². The number of nitrogens with one attached hydrogen (secondary N) is 2. The summed E-state index contributed by atoms with van der Waals surface area (Å²) < 4.78 is 22.7. The lowest BCUT2D eigenvalue weighted by molar-refractivity contribution is 0.0726. The number of rotatable bonds is 16. The van der Waals surface area contributed by atoms with E-state index in [1.807, 2.05) is 38.2 Å². The number of amides is 4. The second kappa shape index (κ2) is 18.5. The molecule has 16 nitrogen and oxygen atoms in total. The lowest BCUT2D eigenvalue weighted by Gasteiger charge is -2.24. The average molecular weight is 737 g/mol. The van der Waals surface area contributed by atoms with Gasteiger partial charge in [-0.15, -0.1) is 0 Å². The number of methoxy groups -OCH3 is 2. The molecular formula is C37H44N4O12. The maximum absolute atomic E-state index is 13.6. The van der Waals surface area contributed by atoms with Crippen LogP contribution in [-0.4, -0.2) is 107 Å². The standard InChI is InChI=1S/C37H44N4O12/c1-5-8-22-12-24(20-42)40(18-22)34(44)26-14-30(50-3)32(16-28(26)38-36(46)47)52-10-7-11-53-33-17-29(39-37(48)49)27(15-31(33)51-4)35(45)41-19-23(9-6-2)13-25(41)21-43/h5-6,8-9,14-19,24-25,38-39,42-43H,7,10-13,20-21H2,1-4H3,(H,46,47)(H,48,49)/b8-5+,9-6+/t24-,25-/m0/s1. The third-order valence-electron chi connectivity index (χ3n) is 8.35. The van der Waals surface area contributed by atoms with E-state index in [-0.39, 0.29) is 78.3 Å². The van der Waals surface area contributed by atoms with E-state index < -0.39 is 36.1 Å². The molecule has 6 N–H and O–H groups in total. The summed E-state index contributed by atoms with van der Waals surface area (Å²) in [4.78, 5) is 53.3. The molecule has 2 aliphatic rings. The van der Waals surface area contributed by atoms with Crippen molar-refractivity contribution in [1.29, 1.82) is 0 Å². The van der Waals surface area contributed by atoms with E-state index in [2.05, 4.69) is 10.6 Å². The maximum atomic E-state index is 13.6. The topological polar surface area (TPSA) is 217 Å². The Morgan fingerprint density at radius 2 is 1.09 bits per heavy atom. The second-order valence-electron chi connectivity index (χ2n) is 11.9. The van der Waals surface area contributed by atoms with E-state index in [1.54, 1.807) is 12.4 Å². The average Bonchev–Trinajstić information content (AvgIpc) is 3.74. The number of carbonyl (C=O) groups excluding carboxylic acids is 2. The summed E-state index contributed by atoms with van der Waals surface area (Å²) >= 11 is 0. The van der Waals surface area contributed by atoms with Crippen molar-refractivity contribution in [3.63, 3.8) is 0 Å². The molecule has 16 heteroatoms. The molecule has 0 bridgehead atoms. The molecule has 0 saturated carbocycles. The van der Waals surface area contributed by atoms with Crippen molar-refractivity contribution in [2.24, 2.45) is 0 Å². The van der Waals surface area contributed by atoms with Gasteiger partial charge in [-0.3, -0.25) is 20.2 Å². The molecule has 4 amide bonds. The lowest BCUT2D eigenvalue weighted by Crippen LogP contribution is -2.35. The number of aliphatic hydroxyl groups excluding tert-OH is 2. The quantitative estimate of drug-likeness (QED) is 0.125. The van der Waals surface area contributed by atoms with Gasteiger partial charge in [0.25, 0.3) is 11.8 Å². The minimum atomic E-state index is -1.41. The van der Waals surface area contributed by atoms with Crippen LogP contribution >= 0.6 is 0 Å². The zero-order chi connectivity index (χ0) is 38.7. The van der Waals surface area contributed by atoms with Gasteiger partial charge in [-0.05, 0) is 50.0 Å². The van der Waals surface area contributed by atoms with Gasteiger partial charge in [0.2, 0.25) is 0 Å². The molecule has 0 spiro atoms. The van der Waals surface area contributed by atoms with Gasteiger partial charge in [0.1, 0.15) is 0 Å². The Morgan fingerprint density at radius 3 is 1.42 bits per heavy atom. The Balaban J connectivity index is 1.50. The molecule has 4 rings (SSSR count). The lowest BCUT2D eigenvalue weighted by atomic mass is 10.1. The Hall–Kier alpha value is -6.00. The molecule has 0 unspecified atom stereocenters. The monoisotopic (exact) mass is 736 g/mol. The Morgan fingerprint density at radius 1 is 0.698 bits per heavy atom. The van der Waals surface area contributed by atoms with Crippen molar-refractivity contribution in [3.05, 3.63) is 83.2 Å². The molecular weight excluding hydrogens is 692 g/mol. The number of benzene rings is 2. The van der Waals surface area contributed by atoms with Crippen molar-refractivity contribution < 1.29 is 58.6 Å². The van der Waals surface area contributed by atoms with Gasteiger partial charge < -0.3 is 49.2 Å². The molecule has 0 radical (unpaired) electrons. The van der Waals surface area contributed by atoms with E-state index >= 15 is 0 Å². The highest BCUT2D eigenvalue weighted by atomic mass is 16.5. The van der Waals surface area contributed by atoms with Crippen LogP contribution < -0.4 is 29.6 Å². The molecule has 0 aromatic heterocycles. The summed E-state index contributed by atoms with van der Waals surface area (Å²) in [5, 5.41) is 43.3. The van der Waals surface area contributed by atoms with Crippen molar-refractivity contribution in [1.82, 2.24) is 9.80 Å². The minimum Gasteiger partial charge on any atom is -0.493 e. The number of ether oxygens (including phenoxy) is 4. The van der Waals surface area contributed by atoms with Crippen LogP contribution in [0.3, 0.4) is 0 Å². The molecule has 53 heavy (non-hydrogen) atoms. The summed E-state index contributed by atoms with van der Waals surface area (Å²) in [6.45, 7) is 3.16. The first-order chi connectivity index (χ1) is 25.5. The van der Waals surface area contributed by atoms with E-state index in [4.69, 9.17) is 18.9 Å². The summed E-state index contributed by atoms with van der Waals surface area (Å²) in [6, 6.07) is 4.34. The van der Waals surface area contributed by atoms with Gasteiger partial charge in [0.15, 0.2) is 23.0 Å². The van der Waals surface area contributed by atoms with Gasteiger partial charge >= 0.3 is 12.2 Å². The highest BCUT2D eigenvalue weighted by molar-refractivity contribution is 6.05. The van der Waals surface area contributed by atoms with Crippen LogP contribution in [0.5, 0.6) is 23.0 Å². The first-order valence-corrected chi connectivity index (χ1v) is 16.7. The predicted molar refractivity (Wildman–Crippen MR) is 194 cm³/mol. The smallest absolute Gasteiger partial charge is 0.409 e. The molecule has 0 aliphatic carbocycles. The van der Waals surface area contributed by atoms with Gasteiger partial charge in [0, 0.05) is 31.0 Å². The summed E-state index contributed by atoms with van der Waals surface area (Å²) in [7, 11) is 2.74. The number of anilines is 2. The van der Waals surface area contributed by atoms with Crippen LogP contribution in [0, 0.1) is 0 Å². The molecule has 2 aromatic carbocycles. The first-order valence-electron chi connectivity index (χ1n) is 16.7. The first kappa shape index (κ1) is 39.8. The third-order valence-corrected chi connectivity index (χ3v) is 8.35. The second-order valence-corrected chi connectivity index (χ2v) is 11.9. The normalized spacial score (nSPS) is 16.8. The predicted octanol–water partition coefficient (Wildman–Crippen LogP) is 5.07. The zero-order valence-corrected chi connectivity index (χ0v) is 29.8. The zero-order valence-electron chi connectivity index (χ0n) is 29.8. The largest absolute Gasteiger partial charge is 0.493 e. The van der Waals surface area contributed by atoms with Gasteiger partial charge in [-0.25, -0.2) is 9.59 Å². The molecule has 284 valence electrons. The highest BCUT2D eigenvalue weighted by Crippen LogP contribution is 2.38. The van der Waals surface area contributed by atoms with Crippen LogP contribution in [0.25, 0.3) is 0 Å². The van der Waals surface area contributed by atoms with Crippen LogP contribution in [0.2, 0.25) is 0 Å². The van der Waals surface area contributed by atoms with Crippen molar-refractivity contribution in [3.8, 4) is 23.0 Å². The molecule has 2 heterocycles. The number of allylic oxidation sites excluding steroid dienone is 4.